The fourth-order valence-electron chi connectivity index (χ4n) is 11.2. The van der Waals surface area contributed by atoms with Crippen molar-refractivity contribution in [1.29, 1.82) is 0 Å². The van der Waals surface area contributed by atoms with E-state index in [-0.39, 0.29) is 23.4 Å². The summed E-state index contributed by atoms with van der Waals surface area (Å²) >= 11 is 1.43. The van der Waals surface area contributed by atoms with Gasteiger partial charge in [0.25, 0.3) is 5.91 Å². The highest BCUT2D eigenvalue weighted by molar-refractivity contribution is 7.22. The zero-order valence-corrected chi connectivity index (χ0v) is 40.0. The number of likely N-dealkylation sites (tertiary alicyclic amines) is 1. The number of para-hydroxylation sites is 1. The van der Waals surface area contributed by atoms with Crippen LogP contribution in [0.5, 0.6) is 11.5 Å². The van der Waals surface area contributed by atoms with E-state index in [0.717, 1.165) is 100 Å². The van der Waals surface area contributed by atoms with E-state index in [1.165, 1.54) is 11.3 Å². The van der Waals surface area contributed by atoms with E-state index in [1.54, 1.807) is 4.68 Å². The number of carboxylic acid groups (broad SMARTS) is 1. The summed E-state index contributed by atoms with van der Waals surface area (Å²) in [6.07, 6.45) is 6.01. The van der Waals surface area contributed by atoms with Gasteiger partial charge in [-0.2, -0.15) is 5.10 Å². The van der Waals surface area contributed by atoms with Crippen LogP contribution in [0.3, 0.4) is 0 Å². The molecule has 3 N–H and O–H groups in total. The number of aromatic nitrogens is 4. The van der Waals surface area contributed by atoms with Gasteiger partial charge in [-0.3, -0.25) is 34.6 Å². The largest absolute Gasteiger partial charge is 0.493 e. The third-order valence-corrected chi connectivity index (χ3v) is 15.9. The maximum atomic E-state index is 13.6. The number of hydrogen-bond acceptors (Lipinski definition) is 12. The predicted octanol–water partition coefficient (Wildman–Crippen LogP) is 8.54. The van der Waals surface area contributed by atoms with Crippen LogP contribution >= 0.6 is 11.3 Å². The van der Waals surface area contributed by atoms with Crippen LogP contribution in [0.2, 0.25) is 0 Å². The summed E-state index contributed by atoms with van der Waals surface area (Å²) in [5.74, 6) is 0.201. The first-order valence-electron chi connectivity index (χ1n) is 24.1. The van der Waals surface area contributed by atoms with E-state index in [1.807, 2.05) is 110 Å². The van der Waals surface area contributed by atoms with Crippen LogP contribution in [0.15, 0.2) is 91.0 Å². The Kier molecular flexibility index (Phi) is 12.0. The van der Waals surface area contributed by atoms with Crippen LogP contribution in [0.1, 0.15) is 87.7 Å². The molecule has 0 bridgehead atoms. The predicted molar refractivity (Wildman–Crippen MR) is 268 cm³/mol. The second-order valence-corrected chi connectivity index (χ2v) is 20.4. The van der Waals surface area contributed by atoms with E-state index in [2.05, 4.69) is 25.6 Å². The second kappa shape index (κ2) is 18.6. The summed E-state index contributed by atoms with van der Waals surface area (Å²) in [5, 5.41) is 22.0. The van der Waals surface area contributed by atoms with E-state index in [0.29, 0.717) is 84.7 Å². The number of nitrogens with one attached hydrogen (secondary N) is 2. The van der Waals surface area contributed by atoms with Gasteiger partial charge >= 0.3 is 5.97 Å². The fraction of sp³-hybridized carbons (Fsp3) is 0.352. The Labute approximate surface area is 408 Å². The molecule has 15 nitrogen and oxygen atoms in total. The molecule has 3 aromatic heterocycles. The van der Waals surface area contributed by atoms with Crippen LogP contribution in [0.4, 0.5) is 10.9 Å². The first kappa shape index (κ1) is 45.3. The van der Waals surface area contributed by atoms with Gasteiger partial charge in [-0.1, -0.05) is 47.7 Å². The minimum atomic E-state index is -1.11. The highest BCUT2D eigenvalue weighted by atomic mass is 32.1. The molecule has 70 heavy (non-hydrogen) atoms. The summed E-state index contributed by atoms with van der Waals surface area (Å²) in [7, 11) is 1.86. The Morgan fingerprint density at radius 1 is 0.914 bits per heavy atom. The molecule has 1 aliphatic carbocycles. The lowest BCUT2D eigenvalue weighted by molar-refractivity contribution is -0.134. The van der Waals surface area contributed by atoms with Crippen molar-refractivity contribution in [3.05, 3.63) is 125 Å². The molecular formula is C54H54N8O7S. The summed E-state index contributed by atoms with van der Waals surface area (Å²) in [6.45, 7) is 7.10. The lowest BCUT2D eigenvalue weighted by Crippen LogP contribution is -2.49. The first-order valence-corrected chi connectivity index (χ1v) is 24.9. The molecule has 16 heteroatoms. The van der Waals surface area contributed by atoms with Crippen molar-refractivity contribution in [1.82, 2.24) is 30.0 Å². The normalized spacial score (nSPS) is 18.1. The molecule has 3 fully saturated rings. The number of aryl methyl sites for hydroxylation is 1. The smallest absolute Gasteiger partial charge is 0.355 e. The van der Waals surface area contributed by atoms with Crippen molar-refractivity contribution in [2.24, 2.45) is 18.4 Å². The average Bonchev–Trinajstić information content (AvgIpc) is 3.92. The van der Waals surface area contributed by atoms with Gasteiger partial charge in [-0.05, 0) is 141 Å². The molecule has 1 atom stereocenters. The molecule has 6 heterocycles. The molecule has 1 unspecified atom stereocenters. The summed E-state index contributed by atoms with van der Waals surface area (Å²) in [4.78, 5) is 64.6. The van der Waals surface area contributed by atoms with Gasteiger partial charge in [-0.25, -0.2) is 14.8 Å². The van der Waals surface area contributed by atoms with Gasteiger partial charge in [0.1, 0.15) is 23.9 Å². The van der Waals surface area contributed by atoms with Crippen molar-refractivity contribution >= 4 is 67.1 Å². The van der Waals surface area contributed by atoms with Gasteiger partial charge in [0.2, 0.25) is 11.8 Å². The number of nitrogens with zero attached hydrogens (tertiary/aromatic N) is 6. The van der Waals surface area contributed by atoms with Crippen molar-refractivity contribution in [2.75, 3.05) is 49.6 Å². The molecule has 3 aliphatic heterocycles. The lowest BCUT2D eigenvalue weighted by Gasteiger charge is -2.52. The van der Waals surface area contributed by atoms with Crippen LogP contribution < -0.4 is 25.0 Å². The monoisotopic (exact) mass is 958 g/mol. The molecule has 2 saturated heterocycles. The quantitative estimate of drug-likeness (QED) is 0.0939. The van der Waals surface area contributed by atoms with E-state index in [4.69, 9.17) is 14.5 Å². The highest BCUT2D eigenvalue weighted by Crippen LogP contribution is 2.53. The number of carbonyl (C=O) groups is 4. The SMILES string of the molecule is Cc1c(OCC2CC3(CCN(CCOc4ccc5c(C6CCC(=O)NC6=O)nn(C)c5c4)CC3)C2)cccc1-c1ccc(N2CCc3cccc(C(=O)Nc4nc5ccccc5s4)c3C2)nc1C(=O)O. The summed E-state index contributed by atoms with van der Waals surface area (Å²) in [6, 6.07) is 28.9. The molecule has 4 aromatic carbocycles. The number of benzene rings is 4. The third kappa shape index (κ3) is 8.85. The van der Waals surface area contributed by atoms with E-state index in [9.17, 15) is 24.3 Å². The van der Waals surface area contributed by atoms with Crippen LogP contribution in [-0.4, -0.2) is 92.8 Å². The number of aromatic carboxylic acids is 1. The van der Waals surface area contributed by atoms with Crippen molar-refractivity contribution in [3.63, 3.8) is 0 Å². The number of rotatable bonds is 13. The highest BCUT2D eigenvalue weighted by Gasteiger charge is 2.46. The van der Waals surface area contributed by atoms with Gasteiger partial charge < -0.3 is 19.5 Å². The number of piperidine rings is 2. The number of hydrogen-bond donors (Lipinski definition) is 3. The zero-order chi connectivity index (χ0) is 48.1. The molecule has 11 rings (SSSR count). The van der Waals surface area contributed by atoms with Gasteiger partial charge in [0.15, 0.2) is 10.8 Å². The maximum Gasteiger partial charge on any atom is 0.355 e. The zero-order valence-electron chi connectivity index (χ0n) is 39.2. The molecule has 1 saturated carbocycles. The Hall–Kier alpha value is -7.17. The Balaban J connectivity index is 0.673. The molecule has 358 valence electrons. The topological polar surface area (TPSA) is 181 Å². The van der Waals surface area contributed by atoms with Crippen LogP contribution in [0, 0.1) is 18.3 Å². The number of fused-ring (bicyclic) bond motifs is 3. The van der Waals surface area contributed by atoms with Gasteiger partial charge in [0.05, 0.1) is 34.0 Å². The molecular weight excluding hydrogens is 905 g/mol. The molecule has 4 aliphatic rings. The standard InChI is InChI=1S/C54H54N8O7S/c1-32-36(37-15-17-46(56-49(37)52(66)67)62-22-19-34-7-5-9-38(41(34)30-62)50(64)58-53-55-42-10-3-4-12-45(42)70-53)8-6-11-44(32)69-31-33-28-54(29-33)20-23-61(24-21-54)25-26-68-35-13-14-39-43(27-35)60(2)59-48(39)40-16-18-47(63)57-51(40)65/h3-15,17,27,33,40H,16,18-26,28-31H2,1-2H3,(H,66,67)(H,55,58,64)(H,57,63,65). The maximum absolute atomic E-state index is 13.6. The lowest BCUT2D eigenvalue weighted by atomic mass is 9.58. The van der Waals surface area contributed by atoms with Crippen molar-refractivity contribution in [3.8, 4) is 22.6 Å². The number of carboxylic acids is 1. The number of ether oxygens (including phenoxy) is 2. The van der Waals surface area contributed by atoms with Crippen molar-refractivity contribution < 1.29 is 33.8 Å². The summed E-state index contributed by atoms with van der Waals surface area (Å²) in [5.41, 5.74) is 7.45. The fourth-order valence-corrected chi connectivity index (χ4v) is 12.0. The minimum absolute atomic E-state index is 0.0301. The van der Waals surface area contributed by atoms with E-state index >= 15 is 0 Å². The Bertz CT molecular complexity index is 3170. The third-order valence-electron chi connectivity index (χ3n) is 14.9. The first-order chi connectivity index (χ1) is 34.0. The average molecular weight is 959 g/mol. The molecule has 3 amide bonds. The Morgan fingerprint density at radius 3 is 2.56 bits per heavy atom. The molecule has 0 radical (unpaired) electrons. The number of amides is 3. The number of anilines is 2. The minimum Gasteiger partial charge on any atom is -0.493 e. The van der Waals surface area contributed by atoms with E-state index < -0.39 is 11.9 Å². The number of thiazole rings is 1. The van der Waals surface area contributed by atoms with Crippen molar-refractivity contribution in [2.45, 2.75) is 64.3 Å². The second-order valence-electron chi connectivity index (χ2n) is 19.3. The number of imide groups is 1. The van der Waals surface area contributed by atoms with Crippen LogP contribution in [0.25, 0.3) is 32.2 Å². The summed E-state index contributed by atoms with van der Waals surface area (Å²) < 4.78 is 15.5. The molecule has 7 aromatic rings. The van der Waals surface area contributed by atoms with Crippen LogP contribution in [-0.2, 0) is 29.6 Å². The Morgan fingerprint density at radius 2 is 1.74 bits per heavy atom. The molecule has 1 spiro atoms. The number of carbonyl (C=O) groups excluding carboxylic acids is 3. The van der Waals surface area contributed by atoms with Gasteiger partial charge in [-0.15, -0.1) is 0 Å². The van der Waals surface area contributed by atoms with Gasteiger partial charge in [0, 0.05) is 55.7 Å². The number of pyridine rings is 1.